The third-order valence-corrected chi connectivity index (χ3v) is 2.13. The fourth-order valence-corrected chi connectivity index (χ4v) is 1.40. The summed E-state index contributed by atoms with van der Waals surface area (Å²) in [5.41, 5.74) is 0.811. The quantitative estimate of drug-likeness (QED) is 0.794. The maximum Gasteiger partial charge on any atom is 0.326 e. The molecule has 0 spiro atoms. The van der Waals surface area contributed by atoms with Gasteiger partial charge in [-0.05, 0) is 19.3 Å². The summed E-state index contributed by atoms with van der Waals surface area (Å²) in [6, 6.07) is 1.13. The summed E-state index contributed by atoms with van der Waals surface area (Å²) in [6.45, 7) is 5.82. The first-order chi connectivity index (χ1) is 7.49. The van der Waals surface area contributed by atoms with Crippen molar-refractivity contribution in [2.75, 3.05) is 5.32 Å². The molecule has 0 aliphatic rings. The summed E-state index contributed by atoms with van der Waals surface area (Å²) in [5, 5.41) is 11.9. The predicted molar refractivity (Wildman–Crippen MR) is 61.3 cm³/mol. The minimum absolute atomic E-state index is 0.316. The highest BCUT2D eigenvalue weighted by atomic mass is 16.4. The highest BCUT2D eigenvalue weighted by Crippen LogP contribution is 2.11. The number of carbonyl (C=O) groups is 1. The van der Waals surface area contributed by atoms with Gasteiger partial charge in [0.1, 0.15) is 18.2 Å². The van der Waals surface area contributed by atoms with Gasteiger partial charge in [-0.1, -0.05) is 13.8 Å². The van der Waals surface area contributed by atoms with Crippen molar-refractivity contribution in [3.63, 3.8) is 0 Å². The van der Waals surface area contributed by atoms with Crippen LogP contribution in [-0.4, -0.2) is 27.1 Å². The highest BCUT2D eigenvalue weighted by molar-refractivity contribution is 5.76. The monoisotopic (exact) mass is 223 g/mol. The van der Waals surface area contributed by atoms with Crippen molar-refractivity contribution in [2.24, 2.45) is 5.92 Å². The molecule has 0 bridgehead atoms. The standard InChI is InChI=1S/C11H17N3O2/c1-7(2)4-9(11(15)16)14-10-5-8(3)12-6-13-10/h5-7,9H,4H2,1-3H3,(H,15,16)(H,12,13,14). The van der Waals surface area contributed by atoms with E-state index in [9.17, 15) is 4.79 Å². The molecule has 0 saturated carbocycles. The molecule has 5 heteroatoms. The second-order valence-corrected chi connectivity index (χ2v) is 4.21. The fourth-order valence-electron chi connectivity index (χ4n) is 1.40. The van der Waals surface area contributed by atoms with E-state index in [1.807, 2.05) is 20.8 Å². The van der Waals surface area contributed by atoms with Crippen LogP contribution in [-0.2, 0) is 4.79 Å². The smallest absolute Gasteiger partial charge is 0.326 e. The van der Waals surface area contributed by atoms with Crippen LogP contribution in [0.4, 0.5) is 5.82 Å². The molecule has 0 aromatic carbocycles. The van der Waals surface area contributed by atoms with Gasteiger partial charge in [-0.25, -0.2) is 14.8 Å². The molecule has 0 amide bonds. The van der Waals surface area contributed by atoms with Gasteiger partial charge in [-0.2, -0.15) is 0 Å². The number of rotatable bonds is 5. The van der Waals surface area contributed by atoms with Crippen LogP contribution in [0.5, 0.6) is 0 Å². The normalized spacial score (nSPS) is 12.5. The Kier molecular flexibility index (Phi) is 4.22. The van der Waals surface area contributed by atoms with Gasteiger partial charge in [0.15, 0.2) is 0 Å². The lowest BCUT2D eigenvalue weighted by Crippen LogP contribution is -2.31. The van der Waals surface area contributed by atoms with Gasteiger partial charge in [0.05, 0.1) is 0 Å². The number of anilines is 1. The summed E-state index contributed by atoms with van der Waals surface area (Å²) in [5.74, 6) is 0.0158. The highest BCUT2D eigenvalue weighted by Gasteiger charge is 2.18. The van der Waals surface area contributed by atoms with Crippen LogP contribution < -0.4 is 5.32 Å². The molecule has 1 heterocycles. The summed E-state index contributed by atoms with van der Waals surface area (Å²) in [7, 11) is 0. The van der Waals surface area contributed by atoms with Crippen LogP contribution in [0.2, 0.25) is 0 Å². The van der Waals surface area contributed by atoms with E-state index in [1.54, 1.807) is 6.07 Å². The Hall–Kier alpha value is -1.65. The summed E-state index contributed by atoms with van der Waals surface area (Å²) < 4.78 is 0. The first kappa shape index (κ1) is 12.4. The van der Waals surface area contributed by atoms with Crippen LogP contribution >= 0.6 is 0 Å². The van der Waals surface area contributed by atoms with Crippen LogP contribution in [0.15, 0.2) is 12.4 Å². The molecule has 16 heavy (non-hydrogen) atoms. The lowest BCUT2D eigenvalue weighted by Gasteiger charge is -2.16. The molecule has 1 rings (SSSR count). The van der Waals surface area contributed by atoms with Crippen molar-refractivity contribution in [1.29, 1.82) is 0 Å². The molecule has 0 radical (unpaired) electrons. The van der Waals surface area contributed by atoms with Crippen LogP contribution in [0.25, 0.3) is 0 Å². The molecule has 2 N–H and O–H groups in total. The number of carboxylic acid groups (broad SMARTS) is 1. The molecule has 1 atom stereocenters. The molecule has 88 valence electrons. The molecule has 5 nitrogen and oxygen atoms in total. The molecule has 1 unspecified atom stereocenters. The Balaban J connectivity index is 2.71. The van der Waals surface area contributed by atoms with Gasteiger partial charge in [-0.15, -0.1) is 0 Å². The molecule has 0 saturated heterocycles. The van der Waals surface area contributed by atoms with Gasteiger partial charge < -0.3 is 10.4 Å². The number of aliphatic carboxylic acids is 1. The molecule has 1 aromatic rings. The fraction of sp³-hybridized carbons (Fsp3) is 0.545. The van der Waals surface area contributed by atoms with E-state index < -0.39 is 12.0 Å². The maximum absolute atomic E-state index is 11.0. The molecule has 0 fully saturated rings. The Bertz CT molecular complexity index is 366. The zero-order chi connectivity index (χ0) is 12.1. The van der Waals surface area contributed by atoms with Crippen molar-refractivity contribution < 1.29 is 9.90 Å². The second-order valence-electron chi connectivity index (χ2n) is 4.21. The average Bonchev–Trinajstić information content (AvgIpc) is 2.15. The van der Waals surface area contributed by atoms with E-state index in [2.05, 4.69) is 15.3 Å². The van der Waals surface area contributed by atoms with Crippen LogP contribution in [0.1, 0.15) is 26.0 Å². The number of hydrogen-bond donors (Lipinski definition) is 2. The minimum Gasteiger partial charge on any atom is -0.480 e. The van der Waals surface area contributed by atoms with E-state index in [0.29, 0.717) is 18.2 Å². The molecule has 0 aliphatic carbocycles. The van der Waals surface area contributed by atoms with E-state index in [0.717, 1.165) is 5.69 Å². The first-order valence-corrected chi connectivity index (χ1v) is 5.27. The Morgan fingerprint density at radius 1 is 1.50 bits per heavy atom. The number of hydrogen-bond acceptors (Lipinski definition) is 4. The zero-order valence-electron chi connectivity index (χ0n) is 9.77. The number of aryl methyl sites for hydroxylation is 1. The SMILES string of the molecule is Cc1cc(NC(CC(C)C)C(=O)O)ncn1. The zero-order valence-corrected chi connectivity index (χ0v) is 9.77. The predicted octanol–water partition coefficient (Wildman–Crippen LogP) is 1.70. The number of nitrogens with one attached hydrogen (secondary N) is 1. The third-order valence-electron chi connectivity index (χ3n) is 2.13. The van der Waals surface area contributed by atoms with Gasteiger partial charge >= 0.3 is 5.97 Å². The topological polar surface area (TPSA) is 75.1 Å². The van der Waals surface area contributed by atoms with E-state index in [1.165, 1.54) is 6.33 Å². The number of carboxylic acids is 1. The number of aromatic nitrogens is 2. The Morgan fingerprint density at radius 2 is 2.19 bits per heavy atom. The van der Waals surface area contributed by atoms with Crippen molar-refractivity contribution in [3.05, 3.63) is 18.1 Å². The first-order valence-electron chi connectivity index (χ1n) is 5.27. The van der Waals surface area contributed by atoms with Crippen LogP contribution in [0, 0.1) is 12.8 Å². The van der Waals surface area contributed by atoms with Gasteiger partial charge in [0.25, 0.3) is 0 Å². The average molecular weight is 223 g/mol. The largest absolute Gasteiger partial charge is 0.480 e. The summed E-state index contributed by atoms with van der Waals surface area (Å²) in [6.07, 6.45) is 1.99. The van der Waals surface area contributed by atoms with Gasteiger partial charge in [-0.3, -0.25) is 0 Å². The Morgan fingerprint density at radius 3 is 2.69 bits per heavy atom. The minimum atomic E-state index is -0.857. The molecular weight excluding hydrogens is 206 g/mol. The number of nitrogens with zero attached hydrogens (tertiary/aromatic N) is 2. The Labute approximate surface area is 94.9 Å². The van der Waals surface area contributed by atoms with Crippen molar-refractivity contribution in [3.8, 4) is 0 Å². The van der Waals surface area contributed by atoms with E-state index in [-0.39, 0.29) is 0 Å². The van der Waals surface area contributed by atoms with Crippen molar-refractivity contribution in [2.45, 2.75) is 33.2 Å². The third kappa shape index (κ3) is 3.84. The van der Waals surface area contributed by atoms with Gasteiger partial charge in [0, 0.05) is 11.8 Å². The molecule has 1 aromatic heterocycles. The van der Waals surface area contributed by atoms with E-state index >= 15 is 0 Å². The maximum atomic E-state index is 11.0. The van der Waals surface area contributed by atoms with Crippen LogP contribution in [0.3, 0.4) is 0 Å². The summed E-state index contributed by atoms with van der Waals surface area (Å²) >= 11 is 0. The molecular formula is C11H17N3O2. The lowest BCUT2D eigenvalue weighted by atomic mass is 10.0. The second kappa shape index (κ2) is 5.44. The van der Waals surface area contributed by atoms with Crippen molar-refractivity contribution in [1.82, 2.24) is 9.97 Å². The molecule has 0 aliphatic heterocycles. The van der Waals surface area contributed by atoms with E-state index in [4.69, 9.17) is 5.11 Å². The summed E-state index contributed by atoms with van der Waals surface area (Å²) in [4.78, 5) is 19.0. The van der Waals surface area contributed by atoms with Gasteiger partial charge in [0.2, 0.25) is 0 Å². The lowest BCUT2D eigenvalue weighted by molar-refractivity contribution is -0.138. The van der Waals surface area contributed by atoms with Crippen molar-refractivity contribution >= 4 is 11.8 Å².